The zero-order valence-electron chi connectivity index (χ0n) is 24.3. The summed E-state index contributed by atoms with van der Waals surface area (Å²) < 4.78 is 55.1. The lowest BCUT2D eigenvalue weighted by atomic mass is 9.73. The average Bonchev–Trinajstić information content (AvgIpc) is 3.24. The summed E-state index contributed by atoms with van der Waals surface area (Å²) in [5.74, 6) is 0. The third-order valence-corrected chi connectivity index (χ3v) is 9.70. The maximum atomic E-state index is 13.8. The highest BCUT2D eigenvalue weighted by atomic mass is 28.3. The summed E-state index contributed by atoms with van der Waals surface area (Å²) >= 11 is 0. The molecule has 0 radical (unpaired) electrons. The first-order valence-electron chi connectivity index (χ1n) is 14.1. The molecular weight excluding hydrogens is 551 g/mol. The molecule has 41 heavy (non-hydrogen) atoms. The van der Waals surface area contributed by atoms with E-state index < -0.39 is 25.9 Å². The number of halogens is 3. The predicted octanol–water partition coefficient (Wildman–Crippen LogP) is 6.95. The molecule has 0 bridgehead atoms. The number of piperidine rings is 1. The van der Waals surface area contributed by atoms with Crippen molar-refractivity contribution >= 4 is 25.1 Å². The highest BCUT2D eigenvalue weighted by Crippen LogP contribution is 2.37. The van der Waals surface area contributed by atoms with E-state index in [1.165, 1.54) is 17.0 Å². The van der Waals surface area contributed by atoms with Crippen molar-refractivity contribution in [2.45, 2.75) is 70.2 Å². The minimum Gasteiger partial charge on any atom is -0.465 e. The number of alkyl halides is 3. The van der Waals surface area contributed by atoms with Gasteiger partial charge in [0.05, 0.1) is 24.3 Å². The molecule has 1 aromatic heterocycles. The van der Waals surface area contributed by atoms with Gasteiger partial charge in [0.2, 0.25) is 0 Å². The Morgan fingerprint density at radius 2 is 1.76 bits per heavy atom. The topological polar surface area (TPSA) is 76.8 Å². The van der Waals surface area contributed by atoms with Crippen LogP contribution in [-0.2, 0) is 34.2 Å². The van der Waals surface area contributed by atoms with Gasteiger partial charge >= 0.3 is 12.3 Å². The SMILES string of the molecule is Cc1c2cc(C(F)(F)F)cc(CCOCC3(c4ccccc4)CCN(C(=O)O)CC3)c2nn1COCC[Si](C)(C)C. The van der Waals surface area contributed by atoms with Gasteiger partial charge in [-0.3, -0.25) is 0 Å². The molecule has 3 aromatic rings. The number of nitrogens with zero attached hydrogens (tertiary/aromatic N) is 3. The molecule has 1 aliphatic heterocycles. The zero-order chi connectivity index (χ0) is 29.8. The van der Waals surface area contributed by atoms with Gasteiger partial charge in [-0.1, -0.05) is 50.0 Å². The number of rotatable bonds is 11. The molecule has 2 heterocycles. The molecule has 0 atom stereocenters. The van der Waals surface area contributed by atoms with Gasteiger partial charge in [0, 0.05) is 44.3 Å². The molecule has 1 amide bonds. The summed E-state index contributed by atoms with van der Waals surface area (Å²) in [4.78, 5) is 12.9. The highest BCUT2D eigenvalue weighted by molar-refractivity contribution is 6.76. The van der Waals surface area contributed by atoms with Crippen molar-refractivity contribution in [1.29, 1.82) is 0 Å². The van der Waals surface area contributed by atoms with E-state index >= 15 is 0 Å². The Hall–Kier alpha value is -2.89. The van der Waals surface area contributed by atoms with Crippen LogP contribution in [0.15, 0.2) is 42.5 Å². The number of fused-ring (bicyclic) bond motifs is 1. The van der Waals surface area contributed by atoms with Crippen LogP contribution in [-0.4, -0.2) is 66.9 Å². The molecule has 1 fully saturated rings. The Labute approximate surface area is 240 Å². The Morgan fingerprint density at radius 1 is 1.07 bits per heavy atom. The van der Waals surface area contributed by atoms with Crippen LogP contribution in [0.1, 0.15) is 35.2 Å². The van der Waals surface area contributed by atoms with Crippen molar-refractivity contribution in [2.24, 2.45) is 0 Å². The largest absolute Gasteiger partial charge is 0.465 e. The summed E-state index contributed by atoms with van der Waals surface area (Å²) in [6.07, 6.45) is -3.94. The second-order valence-electron chi connectivity index (χ2n) is 12.2. The Balaban J connectivity index is 1.50. The van der Waals surface area contributed by atoms with E-state index in [2.05, 4.69) is 24.7 Å². The van der Waals surface area contributed by atoms with Gasteiger partial charge in [0.1, 0.15) is 6.73 Å². The standard InChI is InChI=1S/C30H40F3N3O4Si/c1-22-26-19-25(30(31,32)33)18-23(27(26)34-36(22)21-40-16-17-41(2,3)4)10-15-39-20-29(24-8-6-5-7-9-24)11-13-35(14-12-29)28(37)38/h5-9,18-19H,10-17,20-21H2,1-4H3,(H,37,38). The van der Waals surface area contributed by atoms with Gasteiger partial charge < -0.3 is 19.5 Å². The van der Waals surface area contributed by atoms with Gasteiger partial charge in [-0.05, 0) is 55.5 Å². The summed E-state index contributed by atoms with van der Waals surface area (Å²) in [7, 11) is -1.27. The summed E-state index contributed by atoms with van der Waals surface area (Å²) in [5, 5.41) is 14.5. The first kappa shape index (κ1) is 31.1. The number of hydrogen-bond donors (Lipinski definition) is 1. The van der Waals surface area contributed by atoms with Gasteiger partial charge in [-0.2, -0.15) is 18.3 Å². The third kappa shape index (κ3) is 7.69. The average molecular weight is 592 g/mol. The van der Waals surface area contributed by atoms with Crippen LogP contribution in [0, 0.1) is 6.92 Å². The Bertz CT molecular complexity index is 1330. The molecule has 224 valence electrons. The van der Waals surface area contributed by atoms with Crippen LogP contribution in [0.3, 0.4) is 0 Å². The second kappa shape index (κ2) is 12.5. The molecule has 4 rings (SSSR count). The molecule has 0 spiro atoms. The second-order valence-corrected chi connectivity index (χ2v) is 17.8. The van der Waals surface area contributed by atoms with E-state index in [-0.39, 0.29) is 25.2 Å². The minimum absolute atomic E-state index is 0.190. The van der Waals surface area contributed by atoms with E-state index in [1.54, 1.807) is 11.6 Å². The number of likely N-dealkylation sites (tertiary alicyclic amines) is 1. The van der Waals surface area contributed by atoms with Crippen LogP contribution in [0.25, 0.3) is 10.9 Å². The van der Waals surface area contributed by atoms with E-state index in [0.29, 0.717) is 61.3 Å². The Kier molecular flexibility index (Phi) is 9.50. The maximum Gasteiger partial charge on any atom is 0.416 e. The zero-order valence-corrected chi connectivity index (χ0v) is 25.3. The van der Waals surface area contributed by atoms with Crippen molar-refractivity contribution in [3.05, 3.63) is 64.8 Å². The lowest BCUT2D eigenvalue weighted by Gasteiger charge is -2.41. The number of hydrogen-bond acceptors (Lipinski definition) is 4. The fourth-order valence-corrected chi connectivity index (χ4v) is 6.07. The number of carboxylic acid groups (broad SMARTS) is 1. The lowest BCUT2D eigenvalue weighted by Crippen LogP contribution is -2.47. The van der Waals surface area contributed by atoms with Crippen LogP contribution in [0.4, 0.5) is 18.0 Å². The molecule has 2 aromatic carbocycles. The fourth-order valence-electron chi connectivity index (χ4n) is 5.32. The van der Waals surface area contributed by atoms with Crippen LogP contribution >= 0.6 is 0 Å². The smallest absolute Gasteiger partial charge is 0.416 e. The maximum absolute atomic E-state index is 13.8. The van der Waals surface area contributed by atoms with Crippen molar-refractivity contribution in [3.63, 3.8) is 0 Å². The van der Waals surface area contributed by atoms with Gasteiger partial charge in [-0.25, -0.2) is 9.48 Å². The molecule has 0 saturated carbocycles. The molecular formula is C30H40F3N3O4Si. The van der Waals surface area contributed by atoms with E-state index in [1.807, 2.05) is 30.3 Å². The first-order valence-corrected chi connectivity index (χ1v) is 17.8. The Morgan fingerprint density at radius 3 is 2.37 bits per heavy atom. The molecule has 1 N–H and O–H groups in total. The highest BCUT2D eigenvalue weighted by Gasteiger charge is 2.38. The molecule has 0 aliphatic carbocycles. The summed E-state index contributed by atoms with van der Waals surface area (Å²) in [6.45, 7) is 10.7. The lowest BCUT2D eigenvalue weighted by molar-refractivity contribution is -0.137. The van der Waals surface area contributed by atoms with E-state index in [9.17, 15) is 23.1 Å². The number of aromatic nitrogens is 2. The number of ether oxygens (including phenoxy) is 2. The van der Waals surface area contributed by atoms with Crippen LogP contribution in [0.2, 0.25) is 25.7 Å². The predicted molar refractivity (Wildman–Crippen MR) is 155 cm³/mol. The number of amides is 1. The van der Waals surface area contributed by atoms with Crippen LogP contribution < -0.4 is 0 Å². The molecule has 7 nitrogen and oxygen atoms in total. The van der Waals surface area contributed by atoms with E-state index in [4.69, 9.17) is 9.47 Å². The third-order valence-electron chi connectivity index (χ3n) is 8.00. The number of benzene rings is 2. The molecule has 1 aliphatic rings. The van der Waals surface area contributed by atoms with Crippen molar-refractivity contribution in [1.82, 2.24) is 14.7 Å². The number of aryl methyl sites for hydroxylation is 1. The fraction of sp³-hybridized carbons (Fsp3) is 0.533. The summed E-state index contributed by atoms with van der Waals surface area (Å²) in [6, 6.07) is 13.2. The van der Waals surface area contributed by atoms with Gasteiger partial charge in [0.15, 0.2) is 0 Å². The number of carbonyl (C=O) groups is 1. The quantitative estimate of drug-likeness (QED) is 0.193. The minimum atomic E-state index is -4.48. The first-order chi connectivity index (χ1) is 19.3. The monoisotopic (exact) mass is 591 g/mol. The molecule has 11 heteroatoms. The van der Waals surface area contributed by atoms with Gasteiger partial charge in [-0.15, -0.1) is 0 Å². The van der Waals surface area contributed by atoms with Crippen LogP contribution in [0.5, 0.6) is 0 Å². The molecule has 0 unspecified atom stereocenters. The van der Waals surface area contributed by atoms with Crippen molar-refractivity contribution in [2.75, 3.05) is 32.9 Å². The summed E-state index contributed by atoms with van der Waals surface area (Å²) in [5.41, 5.74) is 1.66. The van der Waals surface area contributed by atoms with E-state index in [0.717, 1.165) is 11.6 Å². The van der Waals surface area contributed by atoms with Crippen molar-refractivity contribution < 1.29 is 32.5 Å². The molecule has 1 saturated heterocycles. The van der Waals surface area contributed by atoms with Crippen molar-refractivity contribution in [3.8, 4) is 0 Å². The van der Waals surface area contributed by atoms with Gasteiger partial charge in [0.25, 0.3) is 0 Å². The normalized spacial score (nSPS) is 15.9.